The minimum absolute atomic E-state index is 0.129. The van der Waals surface area contributed by atoms with E-state index in [2.05, 4.69) is 16.0 Å². The smallest absolute Gasteiger partial charge is 0.326 e. The van der Waals surface area contributed by atoms with Crippen molar-refractivity contribution < 1.29 is 39.0 Å². The Labute approximate surface area is 195 Å². The van der Waals surface area contributed by atoms with Gasteiger partial charge in [-0.25, -0.2) is 4.79 Å². The molecule has 9 N–H and O–H groups in total. The molecule has 0 rings (SSSR count). The topological polar surface area (TPSA) is 231 Å². The standard InChI is InChI=1S/C19H33N5O8S/c1-9(2)15(24-16(28)10(20)8-13(21)25)18(30)22-11(4-5-14(26)27)17(29)23-12(19(31)32)6-7-33-3/h9-12,15H,4-8,20H2,1-3H3,(H2,21,25)(H,22,30)(H,23,29)(H,24,28)(H,26,27)(H,31,32). The van der Waals surface area contributed by atoms with Gasteiger partial charge in [-0.2, -0.15) is 11.8 Å². The van der Waals surface area contributed by atoms with Crippen LogP contribution in [0.3, 0.4) is 0 Å². The highest BCUT2D eigenvalue weighted by Gasteiger charge is 2.32. The number of rotatable bonds is 16. The Hall–Kier alpha value is -2.87. The molecule has 4 amide bonds. The molecule has 0 aliphatic heterocycles. The van der Waals surface area contributed by atoms with Crippen molar-refractivity contribution in [3.8, 4) is 0 Å². The molecule has 188 valence electrons. The van der Waals surface area contributed by atoms with Crippen LogP contribution in [0.25, 0.3) is 0 Å². The van der Waals surface area contributed by atoms with Gasteiger partial charge in [-0.1, -0.05) is 13.8 Å². The van der Waals surface area contributed by atoms with Crippen LogP contribution in [-0.4, -0.2) is 82.0 Å². The zero-order valence-electron chi connectivity index (χ0n) is 18.8. The number of nitrogens with one attached hydrogen (secondary N) is 3. The third-order valence-corrected chi connectivity index (χ3v) is 5.15. The summed E-state index contributed by atoms with van der Waals surface area (Å²) in [7, 11) is 0. The van der Waals surface area contributed by atoms with E-state index < -0.39 is 78.5 Å². The second-order valence-corrected chi connectivity index (χ2v) is 8.67. The monoisotopic (exact) mass is 491 g/mol. The van der Waals surface area contributed by atoms with Gasteiger partial charge in [-0.15, -0.1) is 0 Å². The molecule has 0 heterocycles. The van der Waals surface area contributed by atoms with E-state index in [1.165, 1.54) is 11.8 Å². The highest BCUT2D eigenvalue weighted by atomic mass is 32.2. The van der Waals surface area contributed by atoms with Gasteiger partial charge in [0.2, 0.25) is 23.6 Å². The summed E-state index contributed by atoms with van der Waals surface area (Å²) >= 11 is 1.38. The third-order valence-electron chi connectivity index (χ3n) is 4.51. The number of thioether (sulfide) groups is 1. The molecule has 0 fully saturated rings. The molecule has 0 radical (unpaired) electrons. The Morgan fingerprint density at radius 3 is 1.91 bits per heavy atom. The summed E-state index contributed by atoms with van der Waals surface area (Å²) in [5, 5.41) is 25.4. The number of carboxylic acid groups (broad SMARTS) is 2. The van der Waals surface area contributed by atoms with E-state index in [0.717, 1.165) is 0 Å². The highest BCUT2D eigenvalue weighted by Crippen LogP contribution is 2.07. The molecule has 14 heteroatoms. The van der Waals surface area contributed by atoms with Crippen LogP contribution in [-0.2, 0) is 28.8 Å². The minimum Gasteiger partial charge on any atom is -0.481 e. The van der Waals surface area contributed by atoms with Crippen LogP contribution in [0.4, 0.5) is 0 Å². The average Bonchev–Trinajstić information content (AvgIpc) is 2.70. The summed E-state index contributed by atoms with van der Waals surface area (Å²) in [5.74, 6) is -5.77. The summed E-state index contributed by atoms with van der Waals surface area (Å²) in [6, 6.07) is -5.03. The maximum atomic E-state index is 12.8. The van der Waals surface area contributed by atoms with Gasteiger partial charge in [0.05, 0.1) is 12.5 Å². The molecule has 33 heavy (non-hydrogen) atoms. The van der Waals surface area contributed by atoms with Gasteiger partial charge in [0.1, 0.15) is 18.1 Å². The van der Waals surface area contributed by atoms with Crippen LogP contribution in [0.15, 0.2) is 0 Å². The van der Waals surface area contributed by atoms with Crippen molar-refractivity contribution in [2.45, 2.75) is 63.7 Å². The summed E-state index contributed by atoms with van der Waals surface area (Å²) in [6.07, 6.45) is 0.690. The second kappa shape index (κ2) is 15.1. The number of aliphatic carboxylic acids is 2. The molecule has 0 saturated carbocycles. The molecule has 4 unspecified atom stereocenters. The van der Waals surface area contributed by atoms with Gasteiger partial charge >= 0.3 is 11.9 Å². The third kappa shape index (κ3) is 12.1. The number of amides is 4. The van der Waals surface area contributed by atoms with Crippen LogP contribution >= 0.6 is 11.8 Å². The van der Waals surface area contributed by atoms with E-state index >= 15 is 0 Å². The molecular formula is C19H33N5O8S. The predicted octanol–water partition coefficient (Wildman–Crippen LogP) is -2.00. The number of carbonyl (C=O) groups is 6. The lowest BCUT2D eigenvalue weighted by molar-refractivity contribution is -0.143. The lowest BCUT2D eigenvalue weighted by Crippen LogP contribution is -2.58. The molecule has 0 bridgehead atoms. The molecule has 0 aromatic carbocycles. The van der Waals surface area contributed by atoms with Gasteiger partial charge in [-0.05, 0) is 30.8 Å². The first-order valence-corrected chi connectivity index (χ1v) is 11.6. The molecule has 13 nitrogen and oxygen atoms in total. The van der Waals surface area contributed by atoms with Crippen molar-refractivity contribution in [2.24, 2.45) is 17.4 Å². The minimum atomic E-state index is -1.36. The SMILES string of the molecule is CSCCC(NC(=O)C(CCC(=O)O)NC(=O)C(NC(=O)C(N)CC(N)=O)C(C)C)C(=O)O. The van der Waals surface area contributed by atoms with E-state index in [4.69, 9.17) is 16.6 Å². The van der Waals surface area contributed by atoms with Gasteiger partial charge in [-0.3, -0.25) is 24.0 Å². The quantitative estimate of drug-likeness (QED) is 0.125. The molecule has 0 aliphatic carbocycles. The van der Waals surface area contributed by atoms with Crippen molar-refractivity contribution in [1.29, 1.82) is 0 Å². The maximum Gasteiger partial charge on any atom is 0.326 e. The van der Waals surface area contributed by atoms with Gasteiger partial charge in [0, 0.05) is 6.42 Å². The normalized spacial score (nSPS) is 14.5. The van der Waals surface area contributed by atoms with E-state index in [1.54, 1.807) is 20.1 Å². The second-order valence-electron chi connectivity index (χ2n) is 7.68. The van der Waals surface area contributed by atoms with Gasteiger partial charge in [0.25, 0.3) is 0 Å². The Bertz CT molecular complexity index is 733. The van der Waals surface area contributed by atoms with Crippen molar-refractivity contribution in [1.82, 2.24) is 16.0 Å². The first-order valence-electron chi connectivity index (χ1n) is 10.2. The fourth-order valence-corrected chi connectivity index (χ4v) is 3.14. The summed E-state index contributed by atoms with van der Waals surface area (Å²) in [5.41, 5.74) is 10.6. The first-order chi connectivity index (χ1) is 15.3. The molecule has 0 spiro atoms. The van der Waals surface area contributed by atoms with Crippen molar-refractivity contribution in [2.75, 3.05) is 12.0 Å². The van der Waals surface area contributed by atoms with Crippen LogP contribution in [0.2, 0.25) is 0 Å². The van der Waals surface area contributed by atoms with Crippen LogP contribution in [0, 0.1) is 5.92 Å². The van der Waals surface area contributed by atoms with Crippen molar-refractivity contribution >= 4 is 47.3 Å². The number of carboxylic acids is 2. The Balaban J connectivity index is 5.47. The van der Waals surface area contributed by atoms with Crippen LogP contribution in [0.1, 0.15) is 39.5 Å². The number of hydrogen-bond acceptors (Lipinski definition) is 8. The molecular weight excluding hydrogens is 458 g/mol. The van der Waals surface area contributed by atoms with Crippen LogP contribution in [0.5, 0.6) is 0 Å². The molecule has 0 saturated heterocycles. The van der Waals surface area contributed by atoms with Gasteiger partial charge < -0.3 is 37.6 Å². The lowest BCUT2D eigenvalue weighted by atomic mass is 10.0. The number of carbonyl (C=O) groups excluding carboxylic acids is 4. The Morgan fingerprint density at radius 2 is 1.45 bits per heavy atom. The molecule has 4 atom stereocenters. The Morgan fingerprint density at radius 1 is 0.879 bits per heavy atom. The Kier molecular flexibility index (Phi) is 13.7. The van der Waals surface area contributed by atoms with Crippen molar-refractivity contribution in [3.63, 3.8) is 0 Å². The van der Waals surface area contributed by atoms with E-state index in [-0.39, 0.29) is 12.8 Å². The van der Waals surface area contributed by atoms with E-state index in [1.807, 2.05) is 0 Å². The number of primary amides is 1. The zero-order chi connectivity index (χ0) is 25.7. The largest absolute Gasteiger partial charge is 0.481 e. The highest BCUT2D eigenvalue weighted by molar-refractivity contribution is 7.98. The molecule has 0 aliphatic rings. The number of nitrogens with two attached hydrogens (primary N) is 2. The first kappa shape index (κ1) is 30.1. The van der Waals surface area contributed by atoms with E-state index in [9.17, 15) is 33.9 Å². The fraction of sp³-hybridized carbons (Fsp3) is 0.684. The summed E-state index contributed by atoms with van der Waals surface area (Å²) < 4.78 is 0. The van der Waals surface area contributed by atoms with Crippen molar-refractivity contribution in [3.05, 3.63) is 0 Å². The molecule has 0 aromatic rings. The fourth-order valence-electron chi connectivity index (χ4n) is 2.67. The van der Waals surface area contributed by atoms with E-state index in [0.29, 0.717) is 5.75 Å². The lowest BCUT2D eigenvalue weighted by Gasteiger charge is -2.26. The van der Waals surface area contributed by atoms with Gasteiger partial charge in [0.15, 0.2) is 0 Å². The zero-order valence-corrected chi connectivity index (χ0v) is 19.6. The average molecular weight is 492 g/mol. The maximum absolute atomic E-state index is 12.8. The number of hydrogen-bond donors (Lipinski definition) is 7. The molecule has 0 aromatic heterocycles. The summed E-state index contributed by atoms with van der Waals surface area (Å²) in [4.78, 5) is 71.0. The summed E-state index contributed by atoms with van der Waals surface area (Å²) in [6.45, 7) is 3.22. The van der Waals surface area contributed by atoms with Crippen LogP contribution < -0.4 is 27.4 Å². The predicted molar refractivity (Wildman–Crippen MR) is 120 cm³/mol.